The largest absolute Gasteiger partial charge is 0.497 e. The highest BCUT2D eigenvalue weighted by atomic mass is 32.1. The highest BCUT2D eigenvalue weighted by molar-refractivity contribution is 7.16. The molecule has 1 aliphatic carbocycles. The van der Waals surface area contributed by atoms with Gasteiger partial charge in [0.25, 0.3) is 5.91 Å². The number of carbonyl (C=O) groups excluding carboxylic acids is 1. The molecule has 2 aromatic carbocycles. The van der Waals surface area contributed by atoms with E-state index >= 15 is 0 Å². The van der Waals surface area contributed by atoms with Crippen LogP contribution in [0.5, 0.6) is 11.5 Å². The van der Waals surface area contributed by atoms with Crippen molar-refractivity contribution in [3.05, 3.63) is 75.7 Å². The Kier molecular flexibility index (Phi) is 6.47. The molecule has 0 fully saturated rings. The molecule has 0 bridgehead atoms. The van der Waals surface area contributed by atoms with Gasteiger partial charge in [0.15, 0.2) is 0 Å². The second-order valence-electron chi connectivity index (χ2n) is 8.36. The topological polar surface area (TPSA) is 110 Å². The fourth-order valence-corrected chi connectivity index (χ4v) is 5.55. The van der Waals surface area contributed by atoms with Crippen molar-refractivity contribution in [2.75, 3.05) is 19.5 Å². The number of hydrogen-bond acceptors (Lipinski definition) is 7. The average molecular weight is 505 g/mol. The number of amides is 1. The summed E-state index contributed by atoms with van der Waals surface area (Å²) in [6.45, 7) is 0. The van der Waals surface area contributed by atoms with Gasteiger partial charge in [-0.15, -0.1) is 11.3 Å². The molecule has 1 amide bonds. The SMILES string of the molecule is COc1ccc(NC(=O)c2cc3cc(OC)ccc3o/c2=N\c2sc3c(c2C(=O)O)CCCC3)cc1. The van der Waals surface area contributed by atoms with Gasteiger partial charge in [-0.25, -0.2) is 9.79 Å². The van der Waals surface area contributed by atoms with Crippen molar-refractivity contribution in [2.24, 2.45) is 4.99 Å². The van der Waals surface area contributed by atoms with Crippen LogP contribution in [0.25, 0.3) is 11.0 Å². The maximum absolute atomic E-state index is 13.4. The first-order chi connectivity index (χ1) is 17.5. The Morgan fingerprint density at radius 3 is 2.44 bits per heavy atom. The highest BCUT2D eigenvalue weighted by Gasteiger charge is 2.25. The van der Waals surface area contributed by atoms with Crippen molar-refractivity contribution in [2.45, 2.75) is 25.7 Å². The quantitative estimate of drug-likeness (QED) is 0.355. The van der Waals surface area contributed by atoms with E-state index < -0.39 is 11.9 Å². The summed E-state index contributed by atoms with van der Waals surface area (Å²) in [6.07, 6.45) is 3.50. The van der Waals surface area contributed by atoms with Gasteiger partial charge >= 0.3 is 5.97 Å². The van der Waals surface area contributed by atoms with Crippen molar-refractivity contribution in [1.29, 1.82) is 0 Å². The molecule has 4 aromatic rings. The van der Waals surface area contributed by atoms with E-state index in [-0.39, 0.29) is 16.7 Å². The van der Waals surface area contributed by atoms with E-state index in [2.05, 4.69) is 10.3 Å². The summed E-state index contributed by atoms with van der Waals surface area (Å²) in [5.74, 6) is -0.184. The van der Waals surface area contributed by atoms with Crippen LogP contribution in [0.4, 0.5) is 10.7 Å². The lowest BCUT2D eigenvalue weighted by molar-refractivity contribution is 0.0696. The monoisotopic (exact) mass is 504 g/mol. The predicted octanol–water partition coefficient (Wildman–Crippen LogP) is 5.57. The summed E-state index contributed by atoms with van der Waals surface area (Å²) in [5, 5.41) is 13.8. The lowest BCUT2D eigenvalue weighted by Crippen LogP contribution is -2.21. The first kappa shape index (κ1) is 23.6. The van der Waals surface area contributed by atoms with Gasteiger partial charge < -0.3 is 24.3 Å². The minimum absolute atomic E-state index is 0.0415. The molecular formula is C27H24N2O6S. The number of aryl methyl sites for hydroxylation is 1. The van der Waals surface area contributed by atoms with E-state index in [1.54, 1.807) is 62.8 Å². The van der Waals surface area contributed by atoms with E-state index in [0.717, 1.165) is 29.7 Å². The van der Waals surface area contributed by atoms with E-state index in [9.17, 15) is 14.7 Å². The Balaban J connectivity index is 1.66. The van der Waals surface area contributed by atoms with Crippen LogP contribution in [0.15, 0.2) is 57.9 Å². The van der Waals surface area contributed by atoms with Crippen molar-refractivity contribution >= 4 is 44.9 Å². The Morgan fingerprint density at radius 1 is 1.00 bits per heavy atom. The molecule has 2 N–H and O–H groups in total. The average Bonchev–Trinajstić information content (AvgIpc) is 3.26. The second kappa shape index (κ2) is 9.87. The standard InChI is InChI=1S/C27H24N2O6S/c1-33-17-9-7-16(8-10-17)28-24(30)20-14-15-13-18(34-2)11-12-21(15)35-25(20)29-26-23(27(31)32)19-5-3-4-6-22(19)36-26/h7-14H,3-6H2,1-2H3,(H,28,30)(H,31,32)/b29-25-. The molecule has 2 heterocycles. The summed E-state index contributed by atoms with van der Waals surface area (Å²) in [7, 11) is 3.13. The third kappa shape index (κ3) is 4.57. The zero-order chi connectivity index (χ0) is 25.2. The summed E-state index contributed by atoms with van der Waals surface area (Å²) in [4.78, 5) is 31.2. The number of rotatable bonds is 6. The number of carboxylic acid groups (broad SMARTS) is 1. The number of ether oxygens (including phenoxy) is 2. The zero-order valence-corrected chi connectivity index (χ0v) is 20.6. The fourth-order valence-electron chi connectivity index (χ4n) is 4.30. The molecule has 0 unspecified atom stereocenters. The van der Waals surface area contributed by atoms with Crippen LogP contribution in [0, 0.1) is 0 Å². The minimum Gasteiger partial charge on any atom is -0.497 e. The number of nitrogens with zero attached hydrogens (tertiary/aromatic N) is 1. The number of aromatic carboxylic acids is 1. The minimum atomic E-state index is -1.03. The fraction of sp³-hybridized carbons (Fsp3) is 0.222. The second-order valence-corrected chi connectivity index (χ2v) is 9.44. The molecular weight excluding hydrogens is 480 g/mol. The molecule has 0 radical (unpaired) electrons. The van der Waals surface area contributed by atoms with Gasteiger partial charge in [-0.2, -0.15) is 0 Å². The molecule has 9 heteroatoms. The molecule has 184 valence electrons. The summed E-state index contributed by atoms with van der Waals surface area (Å²) < 4.78 is 16.6. The molecule has 5 rings (SSSR count). The number of anilines is 1. The van der Waals surface area contributed by atoms with Gasteiger partial charge in [-0.1, -0.05) is 0 Å². The first-order valence-electron chi connectivity index (χ1n) is 11.5. The third-order valence-electron chi connectivity index (χ3n) is 6.12. The van der Waals surface area contributed by atoms with Crippen LogP contribution in [0.1, 0.15) is 44.0 Å². The van der Waals surface area contributed by atoms with Crippen LogP contribution in [0.3, 0.4) is 0 Å². The molecule has 0 saturated heterocycles. The first-order valence-corrected chi connectivity index (χ1v) is 12.3. The Labute approximate surface area is 210 Å². The Hall–Kier alpha value is -4.11. The van der Waals surface area contributed by atoms with Gasteiger partial charge in [-0.3, -0.25) is 4.79 Å². The van der Waals surface area contributed by atoms with E-state index in [1.165, 1.54) is 11.3 Å². The lowest BCUT2D eigenvalue weighted by atomic mass is 9.95. The molecule has 2 aromatic heterocycles. The number of benzene rings is 2. The number of nitrogens with one attached hydrogen (secondary N) is 1. The number of methoxy groups -OCH3 is 2. The number of carboxylic acids is 1. The van der Waals surface area contributed by atoms with Crippen LogP contribution in [-0.4, -0.2) is 31.2 Å². The van der Waals surface area contributed by atoms with Gasteiger partial charge in [0.1, 0.15) is 27.6 Å². The van der Waals surface area contributed by atoms with Crippen molar-refractivity contribution < 1.29 is 28.6 Å². The maximum Gasteiger partial charge on any atom is 0.339 e. The summed E-state index contributed by atoms with van der Waals surface area (Å²) in [5.41, 5.74) is 2.31. The highest BCUT2D eigenvalue weighted by Crippen LogP contribution is 2.39. The van der Waals surface area contributed by atoms with E-state index in [0.29, 0.717) is 39.6 Å². The Morgan fingerprint density at radius 2 is 1.72 bits per heavy atom. The van der Waals surface area contributed by atoms with E-state index in [1.807, 2.05) is 0 Å². The molecule has 36 heavy (non-hydrogen) atoms. The van der Waals surface area contributed by atoms with Crippen LogP contribution in [-0.2, 0) is 12.8 Å². The van der Waals surface area contributed by atoms with Crippen molar-refractivity contribution in [3.8, 4) is 11.5 Å². The Bertz CT molecular complexity index is 1530. The smallest absolute Gasteiger partial charge is 0.339 e. The van der Waals surface area contributed by atoms with Gasteiger partial charge in [0.05, 0.1) is 19.8 Å². The molecule has 0 aliphatic heterocycles. The van der Waals surface area contributed by atoms with E-state index in [4.69, 9.17) is 13.9 Å². The number of fused-ring (bicyclic) bond motifs is 2. The van der Waals surface area contributed by atoms with Gasteiger partial charge in [0, 0.05) is 16.0 Å². The molecule has 8 nitrogen and oxygen atoms in total. The normalized spacial score (nSPS) is 13.3. The lowest BCUT2D eigenvalue weighted by Gasteiger charge is -2.10. The summed E-state index contributed by atoms with van der Waals surface area (Å²) in [6, 6.07) is 13.9. The van der Waals surface area contributed by atoms with Crippen molar-refractivity contribution in [3.63, 3.8) is 0 Å². The number of carbonyl (C=O) groups is 2. The number of thiophene rings is 1. The molecule has 0 spiro atoms. The molecule has 1 aliphatic rings. The summed E-state index contributed by atoms with van der Waals surface area (Å²) >= 11 is 1.35. The van der Waals surface area contributed by atoms with Crippen LogP contribution >= 0.6 is 11.3 Å². The van der Waals surface area contributed by atoms with Gasteiger partial charge in [0.2, 0.25) is 5.55 Å². The number of hydrogen-bond donors (Lipinski definition) is 2. The van der Waals surface area contributed by atoms with Crippen molar-refractivity contribution in [1.82, 2.24) is 0 Å². The zero-order valence-electron chi connectivity index (χ0n) is 19.8. The predicted molar refractivity (Wildman–Crippen MR) is 137 cm³/mol. The molecule has 0 saturated carbocycles. The van der Waals surface area contributed by atoms with Crippen LogP contribution in [0.2, 0.25) is 0 Å². The molecule has 0 atom stereocenters. The maximum atomic E-state index is 13.4. The van der Waals surface area contributed by atoms with Gasteiger partial charge in [-0.05, 0) is 79.8 Å². The third-order valence-corrected chi connectivity index (χ3v) is 7.30. The van der Waals surface area contributed by atoms with Crippen LogP contribution < -0.4 is 20.3 Å².